The Kier molecular flexibility index (Phi) is 5.50. The number of fused-ring (bicyclic) bond motifs is 4. The van der Waals surface area contributed by atoms with Gasteiger partial charge in [-0.1, -0.05) is 45.1 Å². The van der Waals surface area contributed by atoms with Crippen molar-refractivity contribution in [3.63, 3.8) is 0 Å². The molecule has 38 heavy (non-hydrogen) atoms. The quantitative estimate of drug-likeness (QED) is 0.510. The van der Waals surface area contributed by atoms with Crippen LogP contribution in [0.3, 0.4) is 0 Å². The number of hydrogen-bond acceptors (Lipinski definition) is 7. The minimum Gasteiger partial charge on any atom is -0.489 e. The lowest BCUT2D eigenvalue weighted by Crippen LogP contribution is -2.66. The van der Waals surface area contributed by atoms with E-state index in [1.165, 1.54) is 4.90 Å². The van der Waals surface area contributed by atoms with E-state index in [1.54, 1.807) is 37.3 Å². The van der Waals surface area contributed by atoms with Gasteiger partial charge in [0.2, 0.25) is 0 Å². The van der Waals surface area contributed by atoms with Gasteiger partial charge in [0.15, 0.2) is 17.5 Å². The summed E-state index contributed by atoms with van der Waals surface area (Å²) in [6.45, 7) is 9.59. The minimum absolute atomic E-state index is 0.0518. The van der Waals surface area contributed by atoms with E-state index in [1.807, 2.05) is 19.9 Å². The number of ketones is 1. The van der Waals surface area contributed by atoms with E-state index in [2.05, 4.69) is 13.8 Å². The van der Waals surface area contributed by atoms with Gasteiger partial charge in [0.05, 0.1) is 23.8 Å². The standard InChI is InChI=1S/C30H37NO7/c1-15-12-29-16(2)10-20-23(28(20,4)5)19(25(29)34)11-18(13-32)24(33)30(29,36)26(15)38-27(35)31-17(3)14-37-22-9-7-6-8-21(22)31/h6-9,11-12,16-17,19-20,23-24,26,32-33,36H,10,13-14H2,1-5H3/t16?,17?,19-,20+,23+,24+,26-,29?,30-/m0/s1. The Morgan fingerprint density at radius 2 is 1.95 bits per heavy atom. The highest BCUT2D eigenvalue weighted by Crippen LogP contribution is 2.71. The number of benzene rings is 1. The fraction of sp³-hybridized carbons (Fsp3) is 0.600. The third-order valence-corrected chi connectivity index (χ3v) is 10.4. The molecular formula is C30H37NO7. The SMILES string of the molecule is CC1=CC23C(=O)[C@@H](C=C(CO)[C@@H](O)[C@]2(O)[C@H]1OC(=O)N1c2ccccc2OCC1C)[C@@H]1[C@@H](CC3C)C1(C)C. The molecule has 0 aromatic heterocycles. The third kappa shape index (κ3) is 3.02. The smallest absolute Gasteiger partial charge is 0.415 e. The highest BCUT2D eigenvalue weighted by atomic mass is 16.6. The fourth-order valence-corrected chi connectivity index (χ4v) is 8.33. The van der Waals surface area contributed by atoms with Crippen LogP contribution in [0.5, 0.6) is 5.75 Å². The highest BCUT2D eigenvalue weighted by Gasteiger charge is 2.76. The Balaban J connectivity index is 1.44. The zero-order chi connectivity index (χ0) is 27.4. The molecule has 1 spiro atoms. The number of carbonyl (C=O) groups is 2. The summed E-state index contributed by atoms with van der Waals surface area (Å²) < 4.78 is 11.8. The number of para-hydroxylation sites is 2. The molecule has 1 heterocycles. The lowest BCUT2D eigenvalue weighted by molar-refractivity contribution is -0.189. The number of carbonyl (C=O) groups excluding carboxylic acids is 2. The van der Waals surface area contributed by atoms with Crippen molar-refractivity contribution in [2.75, 3.05) is 18.1 Å². The average Bonchev–Trinajstić information content (AvgIpc) is 3.37. The van der Waals surface area contributed by atoms with Crippen molar-refractivity contribution in [2.45, 2.75) is 64.9 Å². The Morgan fingerprint density at radius 3 is 2.66 bits per heavy atom. The van der Waals surface area contributed by atoms with E-state index in [0.29, 0.717) is 23.4 Å². The van der Waals surface area contributed by atoms with Crippen LogP contribution in [0, 0.1) is 34.5 Å². The van der Waals surface area contributed by atoms with Gasteiger partial charge in [0.1, 0.15) is 18.5 Å². The molecule has 204 valence electrons. The van der Waals surface area contributed by atoms with Crippen LogP contribution in [-0.2, 0) is 9.53 Å². The summed E-state index contributed by atoms with van der Waals surface area (Å²) in [5, 5.41) is 34.6. The first-order valence-electron chi connectivity index (χ1n) is 13.6. The van der Waals surface area contributed by atoms with Crippen LogP contribution in [0.15, 0.2) is 47.6 Å². The van der Waals surface area contributed by atoms with Gasteiger partial charge in [-0.2, -0.15) is 0 Å². The van der Waals surface area contributed by atoms with E-state index in [4.69, 9.17) is 9.47 Å². The topological polar surface area (TPSA) is 117 Å². The molecule has 8 nitrogen and oxygen atoms in total. The molecule has 2 fully saturated rings. The van der Waals surface area contributed by atoms with E-state index in [9.17, 15) is 24.9 Å². The van der Waals surface area contributed by atoms with E-state index in [-0.39, 0.29) is 47.2 Å². The van der Waals surface area contributed by atoms with Crippen molar-refractivity contribution >= 4 is 17.6 Å². The average molecular weight is 524 g/mol. The number of amides is 1. The molecule has 1 aliphatic heterocycles. The maximum absolute atomic E-state index is 14.5. The molecule has 0 saturated heterocycles. The molecule has 6 rings (SSSR count). The maximum Gasteiger partial charge on any atom is 0.415 e. The van der Waals surface area contributed by atoms with Crippen molar-refractivity contribution < 1.29 is 34.4 Å². The lowest BCUT2D eigenvalue weighted by Gasteiger charge is -2.49. The highest BCUT2D eigenvalue weighted by molar-refractivity contribution is 5.96. The van der Waals surface area contributed by atoms with Crippen LogP contribution in [0.25, 0.3) is 0 Å². The van der Waals surface area contributed by atoms with E-state index >= 15 is 0 Å². The number of ether oxygens (including phenoxy) is 2. The van der Waals surface area contributed by atoms with Crippen molar-refractivity contribution in [1.82, 2.24) is 0 Å². The van der Waals surface area contributed by atoms with Gasteiger partial charge in [-0.05, 0) is 66.7 Å². The molecule has 1 aromatic carbocycles. The summed E-state index contributed by atoms with van der Waals surface area (Å²) in [6, 6.07) is 6.83. The molecule has 2 saturated carbocycles. The largest absolute Gasteiger partial charge is 0.489 e. The first-order chi connectivity index (χ1) is 17.9. The van der Waals surface area contributed by atoms with Crippen LogP contribution < -0.4 is 9.64 Å². The number of rotatable bonds is 2. The van der Waals surface area contributed by atoms with Gasteiger partial charge >= 0.3 is 6.09 Å². The number of nitrogens with zero attached hydrogens (tertiary/aromatic N) is 1. The van der Waals surface area contributed by atoms with Gasteiger partial charge in [0.25, 0.3) is 0 Å². The number of allylic oxidation sites excluding steroid dienone is 1. The molecule has 8 heteroatoms. The van der Waals surface area contributed by atoms with Gasteiger partial charge < -0.3 is 24.8 Å². The van der Waals surface area contributed by atoms with Gasteiger partial charge in [-0.25, -0.2) is 4.79 Å². The number of hydrogen-bond donors (Lipinski definition) is 3. The van der Waals surface area contributed by atoms with Gasteiger partial charge in [-0.3, -0.25) is 9.69 Å². The van der Waals surface area contributed by atoms with Crippen LogP contribution in [-0.4, -0.2) is 64.3 Å². The maximum atomic E-state index is 14.5. The van der Waals surface area contributed by atoms with Crippen LogP contribution in [0.2, 0.25) is 0 Å². The zero-order valence-corrected chi connectivity index (χ0v) is 22.5. The normalized spacial score (nSPS) is 42.4. The summed E-state index contributed by atoms with van der Waals surface area (Å²) in [4.78, 5) is 29.7. The summed E-state index contributed by atoms with van der Waals surface area (Å²) in [7, 11) is 0. The van der Waals surface area contributed by atoms with Crippen LogP contribution in [0.1, 0.15) is 41.0 Å². The Morgan fingerprint density at radius 1 is 1.24 bits per heavy atom. The molecule has 9 atom stereocenters. The van der Waals surface area contributed by atoms with E-state index in [0.717, 1.165) is 0 Å². The number of Topliss-reactive ketones (excluding diaryl/α,β-unsaturated/α-hetero) is 1. The summed E-state index contributed by atoms with van der Waals surface area (Å²) >= 11 is 0. The van der Waals surface area contributed by atoms with E-state index < -0.39 is 41.8 Å². The third-order valence-electron chi connectivity index (χ3n) is 10.4. The summed E-state index contributed by atoms with van der Waals surface area (Å²) in [5.74, 6) is -0.140. The molecular weight excluding hydrogens is 486 g/mol. The zero-order valence-electron chi connectivity index (χ0n) is 22.5. The lowest BCUT2D eigenvalue weighted by atomic mass is 9.59. The van der Waals surface area contributed by atoms with Crippen LogP contribution in [0.4, 0.5) is 10.5 Å². The number of aliphatic hydroxyl groups excluding tert-OH is 2. The second kappa shape index (κ2) is 8.16. The molecule has 4 aliphatic carbocycles. The fourth-order valence-electron chi connectivity index (χ4n) is 8.33. The van der Waals surface area contributed by atoms with Crippen molar-refractivity contribution in [3.8, 4) is 5.75 Å². The Labute approximate surface area is 222 Å². The molecule has 1 amide bonds. The minimum atomic E-state index is -2.16. The molecule has 1 aromatic rings. The molecule has 3 unspecified atom stereocenters. The van der Waals surface area contributed by atoms with Gasteiger partial charge in [-0.15, -0.1) is 0 Å². The summed E-state index contributed by atoms with van der Waals surface area (Å²) in [5.41, 5.74) is -2.42. The monoisotopic (exact) mass is 523 g/mol. The molecule has 5 aliphatic rings. The van der Waals surface area contributed by atoms with Crippen LogP contribution >= 0.6 is 0 Å². The second-order valence-electron chi connectivity index (χ2n) is 12.6. The van der Waals surface area contributed by atoms with Crippen molar-refractivity contribution in [2.24, 2.45) is 34.5 Å². The Bertz CT molecular complexity index is 1270. The molecule has 2 bridgehead atoms. The first kappa shape index (κ1) is 25.6. The molecule has 0 radical (unpaired) electrons. The van der Waals surface area contributed by atoms with Gasteiger partial charge in [0, 0.05) is 5.92 Å². The second-order valence-corrected chi connectivity index (χ2v) is 12.6. The van der Waals surface area contributed by atoms with Crippen molar-refractivity contribution in [3.05, 3.63) is 47.6 Å². The Hall–Kier alpha value is -2.68. The summed E-state index contributed by atoms with van der Waals surface area (Å²) in [6.07, 6.45) is 0.555. The first-order valence-corrected chi connectivity index (χ1v) is 13.6. The predicted molar refractivity (Wildman–Crippen MR) is 140 cm³/mol. The number of anilines is 1. The predicted octanol–water partition coefficient (Wildman–Crippen LogP) is 3.25. The molecule has 3 N–H and O–H groups in total. The van der Waals surface area contributed by atoms with Crippen molar-refractivity contribution in [1.29, 1.82) is 0 Å². The number of aliphatic hydroxyl groups is 3.